The van der Waals surface area contributed by atoms with E-state index in [1.54, 1.807) is 4.90 Å². The molecule has 1 aliphatic heterocycles. The van der Waals surface area contributed by atoms with E-state index in [4.69, 9.17) is 0 Å². The highest BCUT2D eigenvalue weighted by molar-refractivity contribution is 5.96. The summed E-state index contributed by atoms with van der Waals surface area (Å²) in [7, 11) is 0. The number of aromatic amines is 1. The van der Waals surface area contributed by atoms with Crippen LogP contribution >= 0.6 is 0 Å². The molecule has 2 heterocycles. The fourth-order valence-corrected chi connectivity index (χ4v) is 3.94. The zero-order valence-electron chi connectivity index (χ0n) is 18.1. The van der Waals surface area contributed by atoms with Gasteiger partial charge in [0, 0.05) is 36.3 Å². The number of nitrogens with one attached hydrogen (secondary N) is 2. The van der Waals surface area contributed by atoms with Crippen molar-refractivity contribution in [2.45, 2.75) is 39.7 Å². The van der Waals surface area contributed by atoms with Crippen molar-refractivity contribution in [2.24, 2.45) is 0 Å². The number of rotatable bonds is 6. The van der Waals surface area contributed by atoms with Crippen molar-refractivity contribution >= 4 is 11.8 Å². The quantitative estimate of drug-likeness (QED) is 0.603. The Morgan fingerprint density at radius 1 is 1.10 bits per heavy atom. The van der Waals surface area contributed by atoms with Crippen molar-refractivity contribution in [3.8, 4) is 0 Å². The normalized spacial score (nSPS) is 13.0. The van der Waals surface area contributed by atoms with Crippen LogP contribution in [-0.2, 0) is 19.4 Å². The van der Waals surface area contributed by atoms with Gasteiger partial charge in [-0.25, -0.2) is 0 Å². The highest BCUT2D eigenvalue weighted by atomic mass is 16.2. The third-order valence-electron chi connectivity index (χ3n) is 5.96. The first-order chi connectivity index (χ1) is 15.0. The van der Waals surface area contributed by atoms with Gasteiger partial charge in [0.1, 0.15) is 0 Å². The van der Waals surface area contributed by atoms with Crippen LogP contribution in [0.15, 0.2) is 48.5 Å². The van der Waals surface area contributed by atoms with Gasteiger partial charge in [0.05, 0.1) is 6.54 Å². The van der Waals surface area contributed by atoms with Gasteiger partial charge >= 0.3 is 0 Å². The van der Waals surface area contributed by atoms with E-state index in [1.165, 1.54) is 11.1 Å². The molecule has 2 aromatic carbocycles. The lowest BCUT2D eigenvalue weighted by molar-refractivity contribution is 0.0731. The second kappa shape index (κ2) is 9.16. The van der Waals surface area contributed by atoms with Gasteiger partial charge in [0.25, 0.3) is 11.8 Å². The van der Waals surface area contributed by atoms with Crippen LogP contribution in [0.1, 0.15) is 55.2 Å². The molecule has 0 spiro atoms. The zero-order chi connectivity index (χ0) is 21.8. The molecule has 3 aromatic rings. The molecule has 31 heavy (non-hydrogen) atoms. The first kappa shape index (κ1) is 20.8. The Bertz CT molecular complexity index is 1090. The fraction of sp³-hybridized carbons (Fsp3) is 0.320. The van der Waals surface area contributed by atoms with Gasteiger partial charge in [-0.1, -0.05) is 36.4 Å². The fourth-order valence-electron chi connectivity index (χ4n) is 3.94. The summed E-state index contributed by atoms with van der Waals surface area (Å²) in [6.07, 6.45) is 2.44. The van der Waals surface area contributed by atoms with Crippen LogP contribution in [0.25, 0.3) is 0 Å². The number of aryl methyl sites for hydroxylation is 3. The number of H-pyrrole nitrogens is 1. The number of benzene rings is 2. The van der Waals surface area contributed by atoms with Gasteiger partial charge < -0.3 is 10.2 Å². The number of hydrogen-bond donors (Lipinski definition) is 2. The van der Waals surface area contributed by atoms with Crippen molar-refractivity contribution in [3.63, 3.8) is 0 Å². The Balaban J connectivity index is 1.38. The lowest BCUT2D eigenvalue weighted by Crippen LogP contribution is -2.37. The number of aromatic nitrogens is 2. The van der Waals surface area contributed by atoms with Gasteiger partial charge in [0.15, 0.2) is 5.69 Å². The molecule has 0 radical (unpaired) electrons. The summed E-state index contributed by atoms with van der Waals surface area (Å²) >= 11 is 0. The number of carbonyl (C=O) groups excluding carboxylic acids is 2. The highest BCUT2D eigenvalue weighted by Gasteiger charge is 2.28. The Labute approximate surface area is 182 Å². The van der Waals surface area contributed by atoms with Gasteiger partial charge in [-0.3, -0.25) is 14.7 Å². The van der Waals surface area contributed by atoms with E-state index >= 15 is 0 Å². The van der Waals surface area contributed by atoms with Crippen molar-refractivity contribution in [3.05, 3.63) is 87.7 Å². The maximum absolute atomic E-state index is 13.0. The first-order valence-corrected chi connectivity index (χ1v) is 10.8. The number of amides is 2. The molecule has 0 aliphatic carbocycles. The van der Waals surface area contributed by atoms with E-state index in [0.29, 0.717) is 37.3 Å². The molecule has 0 saturated heterocycles. The molecule has 4 rings (SSSR count). The molecule has 2 amide bonds. The molecule has 0 saturated carbocycles. The molecule has 0 fully saturated rings. The summed E-state index contributed by atoms with van der Waals surface area (Å²) in [6, 6.07) is 16.0. The van der Waals surface area contributed by atoms with Gasteiger partial charge in [-0.15, -0.1) is 0 Å². The second-order valence-corrected chi connectivity index (χ2v) is 8.15. The molecule has 160 valence electrons. The summed E-state index contributed by atoms with van der Waals surface area (Å²) in [4.78, 5) is 27.5. The predicted molar refractivity (Wildman–Crippen MR) is 120 cm³/mol. The van der Waals surface area contributed by atoms with Gasteiger partial charge in [0.2, 0.25) is 0 Å². The van der Waals surface area contributed by atoms with Crippen LogP contribution in [0.4, 0.5) is 0 Å². The lowest BCUT2D eigenvalue weighted by atomic mass is 10.0. The van der Waals surface area contributed by atoms with E-state index in [1.807, 2.05) is 50.2 Å². The molecule has 0 bridgehead atoms. The van der Waals surface area contributed by atoms with E-state index in [2.05, 4.69) is 27.6 Å². The maximum atomic E-state index is 13.0. The molecule has 0 unspecified atom stereocenters. The van der Waals surface area contributed by atoms with Crippen LogP contribution in [-0.4, -0.2) is 40.0 Å². The van der Waals surface area contributed by atoms with Crippen LogP contribution in [0.5, 0.6) is 0 Å². The van der Waals surface area contributed by atoms with Gasteiger partial charge in [-0.2, -0.15) is 5.10 Å². The minimum atomic E-state index is -0.189. The van der Waals surface area contributed by atoms with Gasteiger partial charge in [-0.05, 0) is 55.5 Å². The number of carbonyl (C=O) groups is 2. The summed E-state index contributed by atoms with van der Waals surface area (Å²) in [6.45, 7) is 5.63. The van der Waals surface area contributed by atoms with Crippen LogP contribution in [0.3, 0.4) is 0 Å². The largest absolute Gasteiger partial charge is 0.351 e. The molecule has 1 aliphatic rings. The molecule has 2 N–H and O–H groups in total. The molecule has 6 heteroatoms. The average molecular weight is 417 g/mol. The Hall–Kier alpha value is -3.41. The van der Waals surface area contributed by atoms with E-state index in [-0.39, 0.29) is 11.8 Å². The molecule has 6 nitrogen and oxygen atoms in total. The topological polar surface area (TPSA) is 78.1 Å². The van der Waals surface area contributed by atoms with E-state index < -0.39 is 0 Å². The lowest BCUT2D eigenvalue weighted by Gasteiger charge is -2.27. The van der Waals surface area contributed by atoms with Crippen molar-refractivity contribution in [2.75, 3.05) is 13.1 Å². The SMILES string of the molecule is Cc1ccc(C(=O)N2CCc3[nH]nc(C(=O)NCCCc4ccccc4)c3C2)cc1C. The molecular weight excluding hydrogens is 388 g/mol. The third-order valence-corrected chi connectivity index (χ3v) is 5.96. The molecular formula is C25H28N4O2. The average Bonchev–Trinajstić information content (AvgIpc) is 3.22. The van der Waals surface area contributed by atoms with E-state index in [0.717, 1.165) is 29.7 Å². The summed E-state index contributed by atoms with van der Waals surface area (Å²) in [5, 5.41) is 10.2. The minimum Gasteiger partial charge on any atom is -0.351 e. The van der Waals surface area contributed by atoms with Crippen molar-refractivity contribution in [1.29, 1.82) is 0 Å². The summed E-state index contributed by atoms with van der Waals surface area (Å²) in [5.41, 5.74) is 6.37. The Morgan fingerprint density at radius 2 is 1.90 bits per heavy atom. The third kappa shape index (κ3) is 4.68. The molecule has 1 aromatic heterocycles. The van der Waals surface area contributed by atoms with Crippen molar-refractivity contribution < 1.29 is 9.59 Å². The summed E-state index contributed by atoms with van der Waals surface area (Å²) in [5.74, 6) is -0.199. The molecule has 0 atom stereocenters. The number of fused-ring (bicyclic) bond motifs is 1. The predicted octanol–water partition coefficient (Wildman–Crippen LogP) is 3.59. The highest BCUT2D eigenvalue weighted by Crippen LogP contribution is 2.22. The van der Waals surface area contributed by atoms with Crippen LogP contribution < -0.4 is 5.32 Å². The Kier molecular flexibility index (Phi) is 6.16. The van der Waals surface area contributed by atoms with Crippen LogP contribution in [0, 0.1) is 13.8 Å². The number of nitrogens with zero attached hydrogens (tertiary/aromatic N) is 2. The standard InChI is InChI=1S/C25H28N4O2/c1-17-10-11-20(15-18(17)2)25(31)29-14-12-22-21(16-29)23(28-27-22)24(30)26-13-6-9-19-7-4-3-5-8-19/h3-5,7-8,10-11,15H,6,9,12-14,16H2,1-2H3,(H,26,30)(H,27,28). The van der Waals surface area contributed by atoms with E-state index in [9.17, 15) is 9.59 Å². The monoisotopic (exact) mass is 416 g/mol. The van der Waals surface area contributed by atoms with Crippen LogP contribution in [0.2, 0.25) is 0 Å². The second-order valence-electron chi connectivity index (χ2n) is 8.15. The Morgan fingerprint density at radius 3 is 2.68 bits per heavy atom. The number of hydrogen-bond acceptors (Lipinski definition) is 3. The first-order valence-electron chi connectivity index (χ1n) is 10.8. The van der Waals surface area contributed by atoms with Crippen molar-refractivity contribution in [1.82, 2.24) is 20.4 Å². The minimum absolute atomic E-state index is 0.0100. The summed E-state index contributed by atoms with van der Waals surface area (Å²) < 4.78 is 0. The zero-order valence-corrected chi connectivity index (χ0v) is 18.1. The smallest absolute Gasteiger partial charge is 0.272 e. The maximum Gasteiger partial charge on any atom is 0.272 e.